The molecule has 0 spiro atoms. The summed E-state index contributed by atoms with van der Waals surface area (Å²) in [4.78, 5) is 0. The molecule has 0 aromatic rings. The molecule has 0 aromatic carbocycles. The van der Waals surface area contributed by atoms with Gasteiger partial charge in [0.2, 0.25) is 0 Å². The van der Waals surface area contributed by atoms with Gasteiger partial charge in [-0.25, -0.2) is 0 Å². The average Bonchev–Trinajstić information content (AvgIpc) is 2.50. The number of nitrogens with one attached hydrogen (secondary N) is 2. The van der Waals surface area contributed by atoms with E-state index in [0.717, 1.165) is 13.1 Å². The van der Waals surface area contributed by atoms with Crippen molar-refractivity contribution < 1.29 is 13.2 Å². The molecule has 1 saturated heterocycles. The Bertz CT molecular complexity index is 187. The Morgan fingerprint density at radius 1 is 1.12 bits per heavy atom. The van der Waals surface area contributed by atoms with Crippen LogP contribution in [0.5, 0.6) is 0 Å². The first-order chi connectivity index (χ1) is 8.08. The topological polar surface area (TPSA) is 24.1 Å². The maximum absolute atomic E-state index is 11.9. The van der Waals surface area contributed by atoms with Crippen molar-refractivity contribution >= 4 is 0 Å². The zero-order chi connectivity index (χ0) is 12.6. The highest BCUT2D eigenvalue weighted by Crippen LogP contribution is 2.21. The van der Waals surface area contributed by atoms with Crippen molar-refractivity contribution in [1.29, 1.82) is 0 Å². The third-order valence-corrected chi connectivity index (χ3v) is 3.12. The van der Waals surface area contributed by atoms with E-state index in [1.54, 1.807) is 0 Å². The minimum atomic E-state index is -4.00. The Morgan fingerprint density at radius 3 is 2.71 bits per heavy atom. The Labute approximate surface area is 101 Å². The lowest BCUT2D eigenvalue weighted by molar-refractivity contribution is -0.135. The molecule has 0 aliphatic carbocycles. The summed E-state index contributed by atoms with van der Waals surface area (Å²) in [5, 5.41) is 6.69. The smallest absolute Gasteiger partial charge is 0.315 e. The Morgan fingerprint density at radius 2 is 1.94 bits per heavy atom. The fourth-order valence-corrected chi connectivity index (χ4v) is 2.13. The van der Waals surface area contributed by atoms with Gasteiger partial charge < -0.3 is 10.6 Å². The van der Waals surface area contributed by atoms with Crippen molar-refractivity contribution in [2.24, 2.45) is 0 Å². The SMILES string of the molecule is FC(F)(F)CCCCNCC1CCCCCN1. The van der Waals surface area contributed by atoms with E-state index in [9.17, 15) is 13.2 Å². The van der Waals surface area contributed by atoms with Crippen LogP contribution < -0.4 is 10.6 Å². The molecule has 0 amide bonds. The molecule has 5 heteroatoms. The molecule has 0 bridgehead atoms. The van der Waals surface area contributed by atoms with Gasteiger partial charge in [-0.2, -0.15) is 13.2 Å². The molecule has 1 rings (SSSR count). The van der Waals surface area contributed by atoms with Crippen LogP contribution in [-0.2, 0) is 0 Å². The summed E-state index contributed by atoms with van der Waals surface area (Å²) in [6.07, 6.45) is 1.14. The Hall–Kier alpha value is -0.290. The molecule has 17 heavy (non-hydrogen) atoms. The second-order valence-corrected chi connectivity index (χ2v) is 4.78. The molecule has 1 aliphatic rings. The van der Waals surface area contributed by atoms with Crippen LogP contribution in [-0.4, -0.2) is 31.9 Å². The summed E-state index contributed by atoms with van der Waals surface area (Å²) in [5.74, 6) is 0. The zero-order valence-corrected chi connectivity index (χ0v) is 10.3. The molecule has 2 nitrogen and oxygen atoms in total. The quantitative estimate of drug-likeness (QED) is 0.710. The second-order valence-electron chi connectivity index (χ2n) is 4.78. The fraction of sp³-hybridized carbons (Fsp3) is 1.00. The minimum Gasteiger partial charge on any atom is -0.315 e. The predicted molar refractivity (Wildman–Crippen MR) is 63.0 cm³/mol. The average molecular weight is 252 g/mol. The molecule has 0 aromatic heterocycles. The van der Waals surface area contributed by atoms with Crippen LogP contribution in [0, 0.1) is 0 Å². The van der Waals surface area contributed by atoms with Crippen LogP contribution in [0.25, 0.3) is 0 Å². The normalized spacial score (nSPS) is 22.4. The van der Waals surface area contributed by atoms with Crippen molar-refractivity contribution in [3.05, 3.63) is 0 Å². The van der Waals surface area contributed by atoms with Crippen LogP contribution in [0.4, 0.5) is 13.2 Å². The lowest BCUT2D eigenvalue weighted by Gasteiger charge is -2.16. The predicted octanol–water partition coefficient (Wildman–Crippen LogP) is 2.84. The van der Waals surface area contributed by atoms with Gasteiger partial charge in [-0.05, 0) is 38.8 Å². The molecule has 1 atom stereocenters. The van der Waals surface area contributed by atoms with E-state index in [0.29, 0.717) is 19.0 Å². The van der Waals surface area contributed by atoms with E-state index in [1.165, 1.54) is 25.7 Å². The standard InChI is InChI=1S/C12H23F3N2/c13-12(14,15)7-3-5-8-16-10-11-6-2-1-4-9-17-11/h11,16-17H,1-10H2. The third-order valence-electron chi connectivity index (χ3n) is 3.12. The monoisotopic (exact) mass is 252 g/mol. The molecule has 2 N–H and O–H groups in total. The van der Waals surface area contributed by atoms with E-state index in [1.807, 2.05) is 0 Å². The third kappa shape index (κ3) is 8.44. The summed E-state index contributed by atoms with van der Waals surface area (Å²) in [6.45, 7) is 2.64. The van der Waals surface area contributed by atoms with Gasteiger partial charge in [-0.15, -0.1) is 0 Å². The molecule has 102 valence electrons. The van der Waals surface area contributed by atoms with Crippen molar-refractivity contribution in [2.75, 3.05) is 19.6 Å². The molecule has 0 saturated carbocycles. The molecule has 1 fully saturated rings. The summed E-state index contributed by atoms with van der Waals surface area (Å²) in [7, 11) is 0. The van der Waals surface area contributed by atoms with Crippen molar-refractivity contribution in [3.63, 3.8) is 0 Å². The van der Waals surface area contributed by atoms with Crippen LogP contribution in [0.2, 0.25) is 0 Å². The minimum absolute atomic E-state index is 0.231. The summed E-state index contributed by atoms with van der Waals surface area (Å²) >= 11 is 0. The molecule has 1 unspecified atom stereocenters. The summed E-state index contributed by atoms with van der Waals surface area (Å²) in [6, 6.07) is 0.500. The van der Waals surface area contributed by atoms with Crippen LogP contribution in [0.1, 0.15) is 44.9 Å². The summed E-state index contributed by atoms with van der Waals surface area (Å²) in [5.41, 5.74) is 0. The Kier molecular flexibility index (Phi) is 6.89. The molecule has 0 radical (unpaired) electrons. The molecular weight excluding hydrogens is 229 g/mol. The number of hydrogen-bond donors (Lipinski definition) is 2. The van der Waals surface area contributed by atoms with Gasteiger partial charge in [0.15, 0.2) is 0 Å². The summed E-state index contributed by atoms with van der Waals surface area (Å²) < 4.78 is 35.6. The first-order valence-electron chi connectivity index (χ1n) is 6.59. The van der Waals surface area contributed by atoms with Crippen LogP contribution in [0.3, 0.4) is 0 Å². The number of alkyl halides is 3. The van der Waals surface area contributed by atoms with Gasteiger partial charge in [-0.3, -0.25) is 0 Å². The van der Waals surface area contributed by atoms with Crippen molar-refractivity contribution in [2.45, 2.75) is 57.2 Å². The largest absolute Gasteiger partial charge is 0.389 e. The van der Waals surface area contributed by atoms with Gasteiger partial charge in [0.1, 0.15) is 0 Å². The van der Waals surface area contributed by atoms with Gasteiger partial charge in [-0.1, -0.05) is 12.8 Å². The lowest BCUT2D eigenvalue weighted by Crippen LogP contribution is -2.38. The highest BCUT2D eigenvalue weighted by atomic mass is 19.4. The highest BCUT2D eigenvalue weighted by Gasteiger charge is 2.25. The number of hydrogen-bond acceptors (Lipinski definition) is 2. The van der Waals surface area contributed by atoms with Gasteiger partial charge in [0, 0.05) is 19.0 Å². The Balaban J connectivity index is 1.93. The maximum atomic E-state index is 11.9. The number of rotatable bonds is 6. The van der Waals surface area contributed by atoms with E-state index < -0.39 is 12.6 Å². The molecular formula is C12H23F3N2. The lowest BCUT2D eigenvalue weighted by atomic mass is 10.1. The van der Waals surface area contributed by atoms with Crippen molar-refractivity contribution in [1.82, 2.24) is 10.6 Å². The number of unbranched alkanes of at least 4 members (excludes halogenated alkanes) is 1. The van der Waals surface area contributed by atoms with E-state index in [-0.39, 0.29) is 6.42 Å². The van der Waals surface area contributed by atoms with Crippen LogP contribution >= 0.6 is 0 Å². The van der Waals surface area contributed by atoms with E-state index in [4.69, 9.17) is 0 Å². The van der Waals surface area contributed by atoms with E-state index in [2.05, 4.69) is 10.6 Å². The zero-order valence-electron chi connectivity index (χ0n) is 10.3. The first-order valence-corrected chi connectivity index (χ1v) is 6.59. The van der Waals surface area contributed by atoms with E-state index >= 15 is 0 Å². The molecule has 1 heterocycles. The highest BCUT2D eigenvalue weighted by molar-refractivity contribution is 4.72. The molecule has 1 aliphatic heterocycles. The van der Waals surface area contributed by atoms with Crippen LogP contribution in [0.15, 0.2) is 0 Å². The fourth-order valence-electron chi connectivity index (χ4n) is 2.13. The van der Waals surface area contributed by atoms with Crippen molar-refractivity contribution in [3.8, 4) is 0 Å². The maximum Gasteiger partial charge on any atom is 0.389 e. The van der Waals surface area contributed by atoms with Gasteiger partial charge >= 0.3 is 6.18 Å². The van der Waals surface area contributed by atoms with Gasteiger partial charge in [0.25, 0.3) is 0 Å². The second kappa shape index (κ2) is 7.93. The first kappa shape index (κ1) is 14.8. The van der Waals surface area contributed by atoms with Gasteiger partial charge in [0.05, 0.1) is 0 Å². The number of halogens is 3.